The molecule has 1 aromatic rings. The van der Waals surface area contributed by atoms with Crippen molar-refractivity contribution >= 4 is 5.91 Å². The molecule has 100 valence electrons. The predicted octanol–water partition coefficient (Wildman–Crippen LogP) is 2.04. The van der Waals surface area contributed by atoms with E-state index in [1.807, 2.05) is 39.1 Å². The summed E-state index contributed by atoms with van der Waals surface area (Å²) in [6.07, 6.45) is 4.50. The molecular formula is C14H23N3O. The lowest BCUT2D eigenvalue weighted by Crippen LogP contribution is -2.46. The lowest BCUT2D eigenvalue weighted by atomic mass is 10.1. The summed E-state index contributed by atoms with van der Waals surface area (Å²) in [5.41, 5.74) is 1.08. The maximum atomic E-state index is 11.9. The summed E-state index contributed by atoms with van der Waals surface area (Å²) in [5.74, 6) is 0.0418. The molecule has 2 N–H and O–H groups in total. The Hall–Kier alpha value is -1.42. The van der Waals surface area contributed by atoms with Gasteiger partial charge in [0.05, 0.1) is 6.04 Å². The molecule has 1 heterocycles. The summed E-state index contributed by atoms with van der Waals surface area (Å²) in [6.45, 7) is 7.98. The zero-order valence-corrected chi connectivity index (χ0v) is 11.6. The predicted molar refractivity (Wildman–Crippen MR) is 73.1 cm³/mol. The van der Waals surface area contributed by atoms with E-state index in [0.29, 0.717) is 0 Å². The highest BCUT2D eigenvalue weighted by atomic mass is 16.2. The number of aromatic nitrogens is 1. The fraction of sp³-hybridized carbons (Fsp3) is 0.571. The molecule has 3 atom stereocenters. The van der Waals surface area contributed by atoms with Gasteiger partial charge in [0.1, 0.15) is 0 Å². The van der Waals surface area contributed by atoms with Crippen LogP contribution in [0.3, 0.4) is 0 Å². The standard InChI is InChI=1S/C14H23N3O/c1-5-10(2)16-14(18)12(4)17-11(3)13-7-6-8-15-9-13/h6-12,17H,5H2,1-4H3,(H,16,18)/t10?,11-,12?/m0/s1. The van der Waals surface area contributed by atoms with Crippen molar-refractivity contribution in [2.45, 2.75) is 52.2 Å². The largest absolute Gasteiger partial charge is 0.352 e. The second kappa shape index (κ2) is 7.11. The minimum absolute atomic E-state index is 0.0418. The molecule has 4 heteroatoms. The van der Waals surface area contributed by atoms with E-state index < -0.39 is 0 Å². The number of hydrogen-bond acceptors (Lipinski definition) is 3. The van der Waals surface area contributed by atoms with Gasteiger partial charge in [0.2, 0.25) is 5.91 Å². The van der Waals surface area contributed by atoms with Crippen molar-refractivity contribution in [1.29, 1.82) is 0 Å². The number of carbonyl (C=O) groups is 1. The van der Waals surface area contributed by atoms with Gasteiger partial charge in [-0.1, -0.05) is 13.0 Å². The van der Waals surface area contributed by atoms with Crippen LogP contribution in [-0.4, -0.2) is 23.0 Å². The maximum absolute atomic E-state index is 11.9. The van der Waals surface area contributed by atoms with Gasteiger partial charge in [0.15, 0.2) is 0 Å². The number of pyridine rings is 1. The number of nitrogens with one attached hydrogen (secondary N) is 2. The van der Waals surface area contributed by atoms with Crippen molar-refractivity contribution in [3.8, 4) is 0 Å². The molecule has 18 heavy (non-hydrogen) atoms. The van der Waals surface area contributed by atoms with Crippen LogP contribution < -0.4 is 10.6 Å². The Morgan fingerprint density at radius 2 is 2.11 bits per heavy atom. The van der Waals surface area contributed by atoms with Crippen LogP contribution in [0.2, 0.25) is 0 Å². The Bertz CT molecular complexity index is 367. The zero-order valence-electron chi connectivity index (χ0n) is 11.6. The summed E-state index contributed by atoms with van der Waals surface area (Å²) >= 11 is 0. The molecule has 0 bridgehead atoms. The van der Waals surface area contributed by atoms with Crippen LogP contribution in [0, 0.1) is 0 Å². The van der Waals surface area contributed by atoms with Crippen molar-refractivity contribution in [2.75, 3.05) is 0 Å². The minimum Gasteiger partial charge on any atom is -0.352 e. The number of nitrogens with zero attached hydrogens (tertiary/aromatic N) is 1. The zero-order chi connectivity index (χ0) is 13.5. The number of carbonyl (C=O) groups excluding carboxylic acids is 1. The Labute approximate surface area is 109 Å². The van der Waals surface area contributed by atoms with Gasteiger partial charge in [0, 0.05) is 24.5 Å². The van der Waals surface area contributed by atoms with E-state index in [9.17, 15) is 4.79 Å². The lowest BCUT2D eigenvalue weighted by Gasteiger charge is -2.21. The van der Waals surface area contributed by atoms with Gasteiger partial charge < -0.3 is 5.32 Å². The second-order valence-electron chi connectivity index (χ2n) is 4.71. The molecule has 1 rings (SSSR count). The summed E-state index contributed by atoms with van der Waals surface area (Å²) in [6, 6.07) is 4.02. The first-order chi connectivity index (χ1) is 8.54. The topological polar surface area (TPSA) is 54.0 Å². The van der Waals surface area contributed by atoms with Crippen molar-refractivity contribution in [2.24, 2.45) is 0 Å². The molecule has 0 aliphatic carbocycles. The molecule has 0 saturated heterocycles. The third-order valence-electron chi connectivity index (χ3n) is 3.08. The highest BCUT2D eigenvalue weighted by Crippen LogP contribution is 2.10. The van der Waals surface area contributed by atoms with E-state index in [4.69, 9.17) is 0 Å². The van der Waals surface area contributed by atoms with Crippen LogP contribution in [0.25, 0.3) is 0 Å². The SMILES string of the molecule is CCC(C)NC(=O)C(C)N[C@@H](C)c1cccnc1. The van der Waals surface area contributed by atoms with Gasteiger partial charge in [-0.05, 0) is 38.8 Å². The maximum Gasteiger partial charge on any atom is 0.237 e. The summed E-state index contributed by atoms with van der Waals surface area (Å²) in [7, 11) is 0. The van der Waals surface area contributed by atoms with Gasteiger partial charge in [0.25, 0.3) is 0 Å². The van der Waals surface area contributed by atoms with Crippen molar-refractivity contribution in [3.63, 3.8) is 0 Å². The first kappa shape index (κ1) is 14.6. The van der Waals surface area contributed by atoms with E-state index in [2.05, 4.69) is 22.5 Å². The van der Waals surface area contributed by atoms with E-state index in [1.54, 1.807) is 6.20 Å². The summed E-state index contributed by atoms with van der Waals surface area (Å²) in [4.78, 5) is 16.0. The van der Waals surface area contributed by atoms with E-state index >= 15 is 0 Å². The molecule has 4 nitrogen and oxygen atoms in total. The molecule has 0 spiro atoms. The van der Waals surface area contributed by atoms with Gasteiger partial charge in [-0.2, -0.15) is 0 Å². The molecule has 0 saturated carbocycles. The van der Waals surface area contributed by atoms with E-state index in [1.165, 1.54) is 0 Å². The quantitative estimate of drug-likeness (QED) is 0.811. The fourth-order valence-electron chi connectivity index (χ4n) is 1.65. The van der Waals surface area contributed by atoms with E-state index in [0.717, 1.165) is 12.0 Å². The van der Waals surface area contributed by atoms with Crippen LogP contribution in [0.15, 0.2) is 24.5 Å². The van der Waals surface area contributed by atoms with Gasteiger partial charge in [-0.3, -0.25) is 15.1 Å². The molecule has 0 aliphatic heterocycles. The van der Waals surface area contributed by atoms with Gasteiger partial charge >= 0.3 is 0 Å². The fourth-order valence-corrected chi connectivity index (χ4v) is 1.65. The molecule has 0 aromatic carbocycles. The minimum atomic E-state index is -0.214. The van der Waals surface area contributed by atoms with Gasteiger partial charge in [-0.25, -0.2) is 0 Å². The monoisotopic (exact) mass is 249 g/mol. The number of rotatable bonds is 6. The van der Waals surface area contributed by atoms with Crippen molar-refractivity contribution < 1.29 is 4.79 Å². The van der Waals surface area contributed by atoms with Crippen LogP contribution in [-0.2, 0) is 4.79 Å². The van der Waals surface area contributed by atoms with Crippen LogP contribution in [0.1, 0.15) is 45.7 Å². The van der Waals surface area contributed by atoms with Gasteiger partial charge in [-0.15, -0.1) is 0 Å². The molecule has 1 aromatic heterocycles. The second-order valence-corrected chi connectivity index (χ2v) is 4.71. The van der Waals surface area contributed by atoms with Crippen molar-refractivity contribution in [3.05, 3.63) is 30.1 Å². The average Bonchev–Trinajstić information content (AvgIpc) is 2.39. The highest BCUT2D eigenvalue weighted by Gasteiger charge is 2.17. The lowest BCUT2D eigenvalue weighted by molar-refractivity contribution is -0.123. The van der Waals surface area contributed by atoms with Crippen molar-refractivity contribution in [1.82, 2.24) is 15.6 Å². The third kappa shape index (κ3) is 4.45. The molecular weight excluding hydrogens is 226 g/mol. The van der Waals surface area contributed by atoms with E-state index in [-0.39, 0.29) is 24.0 Å². The average molecular weight is 249 g/mol. The first-order valence-corrected chi connectivity index (χ1v) is 6.51. The molecule has 0 aliphatic rings. The first-order valence-electron chi connectivity index (χ1n) is 6.51. The number of hydrogen-bond donors (Lipinski definition) is 2. The molecule has 2 unspecified atom stereocenters. The smallest absolute Gasteiger partial charge is 0.237 e. The van der Waals surface area contributed by atoms with Crippen LogP contribution in [0.4, 0.5) is 0 Å². The Morgan fingerprint density at radius 1 is 1.39 bits per heavy atom. The van der Waals surface area contributed by atoms with Crippen LogP contribution >= 0.6 is 0 Å². The Balaban J connectivity index is 2.49. The molecule has 0 radical (unpaired) electrons. The number of amides is 1. The third-order valence-corrected chi connectivity index (χ3v) is 3.08. The summed E-state index contributed by atoms with van der Waals surface area (Å²) < 4.78 is 0. The molecule has 0 fully saturated rings. The highest BCUT2D eigenvalue weighted by molar-refractivity contribution is 5.81. The molecule has 1 amide bonds. The summed E-state index contributed by atoms with van der Waals surface area (Å²) in [5, 5.41) is 6.24. The normalized spacial score (nSPS) is 15.8. The Morgan fingerprint density at radius 3 is 2.67 bits per heavy atom. The Kier molecular flexibility index (Phi) is 5.78. The van der Waals surface area contributed by atoms with Crippen LogP contribution in [0.5, 0.6) is 0 Å².